The van der Waals surface area contributed by atoms with Crippen LogP contribution < -0.4 is 5.73 Å². The van der Waals surface area contributed by atoms with Gasteiger partial charge in [0.15, 0.2) is 0 Å². The third-order valence-corrected chi connectivity index (χ3v) is 3.07. The first-order valence-electron chi connectivity index (χ1n) is 5.08. The van der Waals surface area contributed by atoms with E-state index in [2.05, 4.69) is 14.6 Å². The van der Waals surface area contributed by atoms with Crippen molar-refractivity contribution < 1.29 is 0 Å². The average molecular weight is 203 g/mol. The van der Waals surface area contributed by atoms with Gasteiger partial charge < -0.3 is 10.3 Å². The Hall–Kier alpha value is -1.78. The van der Waals surface area contributed by atoms with Crippen molar-refractivity contribution in [1.29, 1.82) is 0 Å². The number of rotatable bonds is 1. The average Bonchev–Trinajstić information content (AvgIpc) is 2.85. The highest BCUT2D eigenvalue weighted by Gasteiger charge is 2.26. The first-order chi connectivity index (χ1) is 7.27. The van der Waals surface area contributed by atoms with Gasteiger partial charge in [0, 0.05) is 18.9 Å². The van der Waals surface area contributed by atoms with Crippen LogP contribution in [0.5, 0.6) is 0 Å². The normalized spacial score (nSPS) is 19.4. The van der Waals surface area contributed by atoms with Crippen LogP contribution in [0.15, 0.2) is 18.6 Å². The van der Waals surface area contributed by atoms with Crippen molar-refractivity contribution in [3.8, 4) is 0 Å². The van der Waals surface area contributed by atoms with E-state index >= 15 is 0 Å². The van der Waals surface area contributed by atoms with Gasteiger partial charge in [-0.3, -0.25) is 4.68 Å². The van der Waals surface area contributed by atoms with Crippen molar-refractivity contribution in [3.63, 3.8) is 0 Å². The monoisotopic (exact) mass is 203 g/mol. The number of nitrogens with zero attached hydrogens (tertiary/aromatic N) is 4. The molecule has 0 radical (unpaired) electrons. The van der Waals surface area contributed by atoms with Gasteiger partial charge in [0.25, 0.3) is 0 Å². The van der Waals surface area contributed by atoms with Crippen molar-refractivity contribution in [3.05, 3.63) is 30.1 Å². The van der Waals surface area contributed by atoms with E-state index in [0.29, 0.717) is 0 Å². The Kier molecular flexibility index (Phi) is 1.62. The van der Waals surface area contributed by atoms with Gasteiger partial charge >= 0.3 is 0 Å². The Morgan fingerprint density at radius 3 is 3.13 bits per heavy atom. The lowest BCUT2D eigenvalue weighted by atomic mass is 10.2. The smallest absolute Gasteiger partial charge is 0.133 e. The van der Waals surface area contributed by atoms with E-state index < -0.39 is 0 Å². The molecule has 1 unspecified atom stereocenters. The molecule has 0 aromatic carbocycles. The summed E-state index contributed by atoms with van der Waals surface area (Å²) in [5.74, 6) is 1.08. The first kappa shape index (κ1) is 8.52. The van der Waals surface area contributed by atoms with Crippen LogP contribution in [0, 0.1) is 6.92 Å². The molecule has 0 amide bonds. The van der Waals surface area contributed by atoms with Crippen molar-refractivity contribution in [2.24, 2.45) is 0 Å². The van der Waals surface area contributed by atoms with Crippen LogP contribution in [0.3, 0.4) is 0 Å². The molecule has 0 bridgehead atoms. The van der Waals surface area contributed by atoms with Gasteiger partial charge in [-0.15, -0.1) is 0 Å². The van der Waals surface area contributed by atoms with Crippen LogP contribution in [-0.4, -0.2) is 19.3 Å². The molecular formula is C10H13N5. The van der Waals surface area contributed by atoms with Crippen LogP contribution in [0.2, 0.25) is 0 Å². The molecule has 0 saturated carbocycles. The minimum Gasteiger partial charge on any atom is -0.396 e. The standard InChI is InChI=1S/C10H13N5/c1-7-8(11)6-13-15(7)9-2-4-14-5-3-12-10(9)14/h3,5-6,9H,2,4,11H2,1H3. The lowest BCUT2D eigenvalue weighted by Gasteiger charge is -2.11. The van der Waals surface area contributed by atoms with E-state index in [1.807, 2.05) is 24.0 Å². The SMILES string of the molecule is Cc1c(N)cnn1C1CCn2ccnc21. The van der Waals surface area contributed by atoms with Crippen LogP contribution in [0.1, 0.15) is 24.0 Å². The number of aryl methyl sites for hydroxylation is 1. The van der Waals surface area contributed by atoms with E-state index in [4.69, 9.17) is 5.73 Å². The number of aromatic nitrogens is 4. The zero-order valence-corrected chi connectivity index (χ0v) is 8.59. The van der Waals surface area contributed by atoms with Crippen LogP contribution in [0.25, 0.3) is 0 Å². The van der Waals surface area contributed by atoms with Gasteiger partial charge in [0.2, 0.25) is 0 Å². The number of anilines is 1. The Morgan fingerprint density at radius 1 is 1.53 bits per heavy atom. The van der Waals surface area contributed by atoms with E-state index in [-0.39, 0.29) is 6.04 Å². The molecule has 78 valence electrons. The molecule has 0 aliphatic carbocycles. The Labute approximate surface area is 87.5 Å². The quantitative estimate of drug-likeness (QED) is 0.751. The topological polar surface area (TPSA) is 61.7 Å². The molecule has 2 aromatic heterocycles. The third-order valence-electron chi connectivity index (χ3n) is 3.07. The maximum atomic E-state index is 5.79. The number of nitrogen functional groups attached to an aromatic ring is 1. The summed E-state index contributed by atoms with van der Waals surface area (Å²) in [5.41, 5.74) is 7.57. The first-order valence-corrected chi connectivity index (χ1v) is 5.08. The second-order valence-corrected chi connectivity index (χ2v) is 3.91. The summed E-state index contributed by atoms with van der Waals surface area (Å²) in [4.78, 5) is 4.37. The molecule has 2 N–H and O–H groups in total. The third kappa shape index (κ3) is 1.09. The molecule has 2 aromatic rings. The maximum Gasteiger partial charge on any atom is 0.133 e. The summed E-state index contributed by atoms with van der Waals surface area (Å²) in [6.45, 7) is 3.01. The van der Waals surface area contributed by atoms with Gasteiger partial charge in [-0.2, -0.15) is 5.10 Å². The van der Waals surface area contributed by atoms with E-state index in [0.717, 1.165) is 30.2 Å². The molecule has 1 aliphatic heterocycles. The molecule has 15 heavy (non-hydrogen) atoms. The second-order valence-electron chi connectivity index (χ2n) is 3.91. The van der Waals surface area contributed by atoms with Crippen molar-refractivity contribution in [2.75, 3.05) is 5.73 Å². The number of hydrogen-bond donors (Lipinski definition) is 1. The highest BCUT2D eigenvalue weighted by atomic mass is 15.3. The van der Waals surface area contributed by atoms with Crippen LogP contribution in [0.4, 0.5) is 5.69 Å². The molecule has 1 aliphatic rings. The molecule has 5 nitrogen and oxygen atoms in total. The molecule has 1 atom stereocenters. The summed E-state index contributed by atoms with van der Waals surface area (Å²) < 4.78 is 4.14. The lowest BCUT2D eigenvalue weighted by molar-refractivity contribution is 0.499. The maximum absolute atomic E-state index is 5.79. The zero-order valence-electron chi connectivity index (χ0n) is 8.59. The largest absolute Gasteiger partial charge is 0.396 e. The van der Waals surface area contributed by atoms with Gasteiger partial charge in [0.1, 0.15) is 11.9 Å². The summed E-state index contributed by atoms with van der Waals surface area (Å²) >= 11 is 0. The molecule has 0 saturated heterocycles. The molecular weight excluding hydrogens is 190 g/mol. The number of fused-ring (bicyclic) bond motifs is 1. The zero-order chi connectivity index (χ0) is 10.4. The lowest BCUT2D eigenvalue weighted by Crippen LogP contribution is -2.12. The molecule has 3 rings (SSSR count). The van der Waals surface area contributed by atoms with E-state index in [9.17, 15) is 0 Å². The van der Waals surface area contributed by atoms with Crippen molar-refractivity contribution >= 4 is 5.69 Å². The highest BCUT2D eigenvalue weighted by molar-refractivity contribution is 5.40. The van der Waals surface area contributed by atoms with Crippen molar-refractivity contribution in [1.82, 2.24) is 19.3 Å². The van der Waals surface area contributed by atoms with Gasteiger partial charge in [0.05, 0.1) is 17.6 Å². The van der Waals surface area contributed by atoms with E-state index in [1.165, 1.54) is 0 Å². The van der Waals surface area contributed by atoms with Crippen molar-refractivity contribution in [2.45, 2.75) is 25.9 Å². The highest BCUT2D eigenvalue weighted by Crippen LogP contribution is 2.29. The Balaban J connectivity index is 2.07. The predicted octanol–water partition coefficient (Wildman–Crippen LogP) is 0.963. The molecule has 0 spiro atoms. The predicted molar refractivity (Wildman–Crippen MR) is 56.4 cm³/mol. The van der Waals surface area contributed by atoms with Crippen LogP contribution >= 0.6 is 0 Å². The minimum atomic E-state index is 0.247. The Morgan fingerprint density at radius 2 is 2.40 bits per heavy atom. The molecule has 3 heterocycles. The van der Waals surface area contributed by atoms with E-state index in [1.54, 1.807) is 6.20 Å². The number of nitrogens with two attached hydrogens (primary N) is 1. The summed E-state index contributed by atoms with van der Waals surface area (Å²) in [5, 5.41) is 4.31. The van der Waals surface area contributed by atoms with Gasteiger partial charge in [-0.25, -0.2) is 4.98 Å². The fraction of sp³-hybridized carbons (Fsp3) is 0.400. The molecule has 0 fully saturated rings. The summed E-state index contributed by atoms with van der Waals surface area (Å²) in [7, 11) is 0. The number of hydrogen-bond acceptors (Lipinski definition) is 3. The summed E-state index contributed by atoms with van der Waals surface area (Å²) in [6.07, 6.45) is 6.60. The second kappa shape index (κ2) is 2.85. The number of imidazole rings is 1. The minimum absolute atomic E-state index is 0.247. The molecule has 5 heteroatoms. The van der Waals surface area contributed by atoms with Gasteiger partial charge in [-0.1, -0.05) is 0 Å². The van der Waals surface area contributed by atoms with Crippen LogP contribution in [-0.2, 0) is 6.54 Å². The van der Waals surface area contributed by atoms with Gasteiger partial charge in [-0.05, 0) is 13.3 Å². The fourth-order valence-electron chi connectivity index (χ4n) is 2.18. The fourth-order valence-corrected chi connectivity index (χ4v) is 2.18. The summed E-state index contributed by atoms with van der Waals surface area (Å²) in [6, 6.07) is 0.247. The Bertz CT molecular complexity index is 496.